The number of halogens is 2. The second kappa shape index (κ2) is 11.0. The lowest BCUT2D eigenvalue weighted by atomic mass is 10.0. The summed E-state index contributed by atoms with van der Waals surface area (Å²) in [5, 5.41) is 8.43. The summed E-state index contributed by atoms with van der Waals surface area (Å²) in [6.45, 7) is 5.41. The maximum absolute atomic E-state index is 6.12. The molecule has 1 aliphatic heterocycles. The molecule has 0 saturated carbocycles. The van der Waals surface area contributed by atoms with Crippen LogP contribution in [0.25, 0.3) is 0 Å². The van der Waals surface area contributed by atoms with Gasteiger partial charge in [-0.05, 0) is 36.6 Å². The Morgan fingerprint density at radius 3 is 2.93 bits per heavy atom. The standard InChI is InChI=1S/C20H28ClN5O.HI/c1-4-22-20(23-12-19(27-3)15-6-5-7-18(21)10-15)26-9-8-16(14-26)17-11-24-25(2)13-17;/h5-7,10-11,13,16,19H,4,8-9,12,14H2,1-3H3,(H,22,23);1H. The van der Waals surface area contributed by atoms with Gasteiger partial charge in [0.15, 0.2) is 5.96 Å². The predicted molar refractivity (Wildman–Crippen MR) is 125 cm³/mol. The molecular formula is C20H29ClIN5O. The van der Waals surface area contributed by atoms with Crippen molar-refractivity contribution in [2.45, 2.75) is 25.4 Å². The van der Waals surface area contributed by atoms with E-state index >= 15 is 0 Å². The summed E-state index contributed by atoms with van der Waals surface area (Å²) < 4.78 is 7.52. The zero-order valence-electron chi connectivity index (χ0n) is 16.6. The van der Waals surface area contributed by atoms with Gasteiger partial charge in [-0.2, -0.15) is 5.10 Å². The van der Waals surface area contributed by atoms with Crippen LogP contribution in [0.4, 0.5) is 0 Å². The number of aromatic nitrogens is 2. The van der Waals surface area contributed by atoms with Crippen LogP contribution < -0.4 is 5.32 Å². The summed E-state index contributed by atoms with van der Waals surface area (Å²) in [7, 11) is 3.67. The average Bonchev–Trinajstić information content (AvgIpc) is 3.30. The predicted octanol–water partition coefficient (Wildman–Crippen LogP) is 3.83. The van der Waals surface area contributed by atoms with E-state index in [0.717, 1.165) is 37.6 Å². The molecule has 1 saturated heterocycles. The fourth-order valence-corrected chi connectivity index (χ4v) is 3.69. The fraction of sp³-hybridized carbons (Fsp3) is 0.500. The van der Waals surface area contributed by atoms with Crippen molar-refractivity contribution in [2.24, 2.45) is 12.0 Å². The van der Waals surface area contributed by atoms with Crippen molar-refractivity contribution >= 4 is 41.5 Å². The van der Waals surface area contributed by atoms with E-state index < -0.39 is 0 Å². The number of nitrogens with one attached hydrogen (secondary N) is 1. The molecule has 3 rings (SSSR count). The van der Waals surface area contributed by atoms with Crippen LogP contribution in [0, 0.1) is 0 Å². The Bertz CT molecular complexity index is 781. The number of rotatable bonds is 6. The number of nitrogens with zero attached hydrogens (tertiary/aromatic N) is 4. The third-order valence-corrected chi connectivity index (χ3v) is 5.17. The topological polar surface area (TPSA) is 54.7 Å². The Kier molecular flexibility index (Phi) is 9.04. The highest BCUT2D eigenvalue weighted by atomic mass is 127. The van der Waals surface area contributed by atoms with Crippen molar-refractivity contribution in [3.05, 3.63) is 52.8 Å². The second-order valence-corrected chi connectivity index (χ2v) is 7.29. The molecule has 2 heterocycles. The van der Waals surface area contributed by atoms with Gasteiger partial charge in [0.1, 0.15) is 6.10 Å². The highest BCUT2D eigenvalue weighted by Gasteiger charge is 2.27. The molecule has 1 fully saturated rings. The van der Waals surface area contributed by atoms with Crippen molar-refractivity contribution < 1.29 is 4.74 Å². The van der Waals surface area contributed by atoms with Gasteiger partial charge in [-0.3, -0.25) is 9.67 Å². The van der Waals surface area contributed by atoms with Crippen LogP contribution in [0.3, 0.4) is 0 Å². The normalized spacial score (nSPS) is 18.1. The maximum Gasteiger partial charge on any atom is 0.194 e. The molecule has 28 heavy (non-hydrogen) atoms. The first-order valence-corrected chi connectivity index (χ1v) is 9.78. The highest BCUT2D eigenvalue weighted by Crippen LogP contribution is 2.27. The van der Waals surface area contributed by atoms with E-state index in [1.165, 1.54) is 5.56 Å². The van der Waals surface area contributed by atoms with Crippen LogP contribution in [0.15, 0.2) is 41.7 Å². The summed E-state index contributed by atoms with van der Waals surface area (Å²) in [6, 6.07) is 7.77. The minimum atomic E-state index is -0.117. The summed E-state index contributed by atoms with van der Waals surface area (Å²) in [4.78, 5) is 7.17. The van der Waals surface area contributed by atoms with Gasteiger partial charge in [-0.15, -0.1) is 24.0 Å². The Labute approximate surface area is 189 Å². The molecule has 6 nitrogen and oxygen atoms in total. The van der Waals surface area contributed by atoms with E-state index in [1.807, 2.05) is 42.2 Å². The lowest BCUT2D eigenvalue weighted by molar-refractivity contribution is 0.110. The Hall–Kier alpha value is -1.32. The molecule has 2 atom stereocenters. The number of guanidine groups is 1. The number of benzene rings is 1. The third kappa shape index (κ3) is 5.84. The number of likely N-dealkylation sites (tertiary alicyclic amines) is 1. The molecule has 2 aromatic rings. The fourth-order valence-electron chi connectivity index (χ4n) is 3.49. The van der Waals surface area contributed by atoms with Gasteiger partial charge in [0.25, 0.3) is 0 Å². The zero-order valence-corrected chi connectivity index (χ0v) is 19.7. The van der Waals surface area contributed by atoms with Crippen molar-refractivity contribution in [3.63, 3.8) is 0 Å². The van der Waals surface area contributed by atoms with Gasteiger partial charge < -0.3 is 15.0 Å². The molecule has 0 bridgehead atoms. The molecule has 0 spiro atoms. The summed E-state index contributed by atoms with van der Waals surface area (Å²) in [6.07, 6.45) is 5.07. The lowest BCUT2D eigenvalue weighted by Crippen LogP contribution is -2.40. The number of ether oxygens (including phenoxy) is 1. The van der Waals surface area contributed by atoms with E-state index in [9.17, 15) is 0 Å². The van der Waals surface area contributed by atoms with Gasteiger partial charge in [0.05, 0.1) is 12.7 Å². The quantitative estimate of drug-likeness (QED) is 0.359. The largest absolute Gasteiger partial charge is 0.375 e. The zero-order chi connectivity index (χ0) is 19.2. The molecule has 0 aliphatic carbocycles. The Balaban J connectivity index is 0.00000280. The molecule has 0 radical (unpaired) electrons. The minimum absolute atomic E-state index is 0. The van der Waals surface area contributed by atoms with E-state index in [-0.39, 0.29) is 30.1 Å². The number of aliphatic imine (C=N–C) groups is 1. The minimum Gasteiger partial charge on any atom is -0.375 e. The first kappa shape index (κ1) is 23.0. The molecule has 1 aromatic carbocycles. The molecule has 1 aliphatic rings. The van der Waals surface area contributed by atoms with E-state index in [1.54, 1.807) is 7.11 Å². The van der Waals surface area contributed by atoms with Gasteiger partial charge in [-0.1, -0.05) is 23.7 Å². The Morgan fingerprint density at radius 2 is 2.29 bits per heavy atom. The summed E-state index contributed by atoms with van der Waals surface area (Å²) >= 11 is 6.12. The van der Waals surface area contributed by atoms with Crippen molar-refractivity contribution in [2.75, 3.05) is 33.3 Å². The van der Waals surface area contributed by atoms with Crippen LogP contribution in [0.2, 0.25) is 5.02 Å². The molecule has 154 valence electrons. The number of hydrogen-bond acceptors (Lipinski definition) is 3. The monoisotopic (exact) mass is 517 g/mol. The van der Waals surface area contributed by atoms with Gasteiger partial charge in [0.2, 0.25) is 0 Å². The van der Waals surface area contributed by atoms with E-state index in [4.69, 9.17) is 21.3 Å². The smallest absolute Gasteiger partial charge is 0.194 e. The van der Waals surface area contributed by atoms with Gasteiger partial charge in [0, 0.05) is 50.9 Å². The van der Waals surface area contributed by atoms with Crippen molar-refractivity contribution in [1.82, 2.24) is 20.0 Å². The Morgan fingerprint density at radius 1 is 1.46 bits per heavy atom. The van der Waals surface area contributed by atoms with E-state index in [2.05, 4.69) is 28.4 Å². The van der Waals surface area contributed by atoms with E-state index in [0.29, 0.717) is 17.5 Å². The van der Waals surface area contributed by atoms with Gasteiger partial charge in [-0.25, -0.2) is 0 Å². The molecular weight excluding hydrogens is 489 g/mol. The number of aryl methyl sites for hydroxylation is 1. The second-order valence-electron chi connectivity index (χ2n) is 6.85. The molecule has 1 N–H and O–H groups in total. The summed E-state index contributed by atoms with van der Waals surface area (Å²) in [5.41, 5.74) is 2.34. The third-order valence-electron chi connectivity index (χ3n) is 4.93. The molecule has 8 heteroatoms. The SMILES string of the molecule is CCNC(=NCC(OC)c1cccc(Cl)c1)N1CCC(c2cnn(C)c2)C1.I. The number of methoxy groups -OCH3 is 1. The lowest BCUT2D eigenvalue weighted by Gasteiger charge is -2.23. The van der Waals surface area contributed by atoms with Crippen LogP contribution >= 0.6 is 35.6 Å². The van der Waals surface area contributed by atoms with Crippen LogP contribution in [-0.2, 0) is 11.8 Å². The summed E-state index contributed by atoms with van der Waals surface area (Å²) in [5.74, 6) is 1.43. The van der Waals surface area contributed by atoms with Crippen LogP contribution in [-0.4, -0.2) is 53.9 Å². The molecule has 0 amide bonds. The van der Waals surface area contributed by atoms with Crippen LogP contribution in [0.5, 0.6) is 0 Å². The first-order valence-electron chi connectivity index (χ1n) is 9.40. The van der Waals surface area contributed by atoms with Crippen molar-refractivity contribution in [3.8, 4) is 0 Å². The number of hydrogen-bond donors (Lipinski definition) is 1. The molecule has 2 unspecified atom stereocenters. The van der Waals surface area contributed by atoms with Gasteiger partial charge >= 0.3 is 0 Å². The molecule has 1 aromatic heterocycles. The highest BCUT2D eigenvalue weighted by molar-refractivity contribution is 14.0. The maximum atomic E-state index is 6.12. The van der Waals surface area contributed by atoms with Crippen LogP contribution in [0.1, 0.15) is 36.5 Å². The first-order chi connectivity index (χ1) is 13.1. The average molecular weight is 518 g/mol. The van der Waals surface area contributed by atoms with Crippen molar-refractivity contribution in [1.29, 1.82) is 0 Å².